The maximum Gasteiger partial charge on any atom is 0.297 e. The van der Waals surface area contributed by atoms with Crippen LogP contribution >= 0.6 is 0 Å². The topological polar surface area (TPSA) is 43.4 Å². The highest BCUT2D eigenvalue weighted by atomic mass is 32.2. The van der Waals surface area contributed by atoms with Gasteiger partial charge in [-0.25, -0.2) is 0 Å². The van der Waals surface area contributed by atoms with Crippen LogP contribution in [0.2, 0.25) is 0 Å². The van der Waals surface area contributed by atoms with Crippen LogP contribution in [0.5, 0.6) is 0 Å². The van der Waals surface area contributed by atoms with Crippen LogP contribution in [0.25, 0.3) is 0 Å². The summed E-state index contributed by atoms with van der Waals surface area (Å²) in [5, 5.41) is 0. The van der Waals surface area contributed by atoms with Gasteiger partial charge in [-0.3, -0.25) is 4.18 Å². The summed E-state index contributed by atoms with van der Waals surface area (Å²) in [6, 6.07) is 5.18. The first kappa shape index (κ1) is 13.2. The maximum absolute atomic E-state index is 12.0. The fourth-order valence-corrected chi connectivity index (χ4v) is 2.90. The lowest BCUT2D eigenvalue weighted by molar-refractivity contribution is 0.139. The van der Waals surface area contributed by atoms with Gasteiger partial charge >= 0.3 is 0 Å². The van der Waals surface area contributed by atoms with Crippen molar-refractivity contribution >= 4 is 10.1 Å². The smallest absolute Gasteiger partial charge is 0.261 e. The molecule has 0 aromatic heterocycles. The van der Waals surface area contributed by atoms with Gasteiger partial charge in [0.15, 0.2) is 0 Å². The van der Waals surface area contributed by atoms with Crippen molar-refractivity contribution in [1.29, 1.82) is 0 Å². The predicted molar refractivity (Wildman–Crippen MR) is 63.9 cm³/mol. The number of hydrogen-bond donors (Lipinski definition) is 0. The first-order valence-corrected chi connectivity index (χ1v) is 6.56. The largest absolute Gasteiger partial charge is 0.297 e. The average Bonchev–Trinajstić information content (AvgIpc) is 2.05. The number of benzene rings is 1. The second-order valence-electron chi connectivity index (χ2n) is 4.85. The standard InChI is InChI=1S/C12H18O3S/c1-9-7-6-8-11(10(9)2)16(13,14)15-12(3,4)5/h6-8H,1-5H3. The molecule has 0 unspecified atom stereocenters. The van der Waals surface area contributed by atoms with Crippen molar-refractivity contribution in [2.24, 2.45) is 0 Å². The SMILES string of the molecule is Cc1cccc(S(=O)(=O)OC(C)(C)C)c1C. The van der Waals surface area contributed by atoms with Gasteiger partial charge in [0.25, 0.3) is 10.1 Å². The molecule has 90 valence electrons. The van der Waals surface area contributed by atoms with E-state index in [-0.39, 0.29) is 4.90 Å². The van der Waals surface area contributed by atoms with Gasteiger partial charge in [0.2, 0.25) is 0 Å². The van der Waals surface area contributed by atoms with Crippen LogP contribution in [0.1, 0.15) is 31.9 Å². The van der Waals surface area contributed by atoms with Crippen LogP contribution in [0, 0.1) is 13.8 Å². The van der Waals surface area contributed by atoms with Gasteiger partial charge in [-0.1, -0.05) is 12.1 Å². The van der Waals surface area contributed by atoms with Crippen LogP contribution in [-0.4, -0.2) is 14.0 Å². The Labute approximate surface area is 97.6 Å². The molecule has 0 amide bonds. The minimum atomic E-state index is -3.67. The minimum Gasteiger partial charge on any atom is -0.261 e. The highest BCUT2D eigenvalue weighted by Gasteiger charge is 2.25. The fourth-order valence-electron chi connectivity index (χ4n) is 1.37. The Morgan fingerprint density at radius 1 is 1.12 bits per heavy atom. The summed E-state index contributed by atoms with van der Waals surface area (Å²) in [4.78, 5) is 0.252. The summed E-state index contributed by atoms with van der Waals surface area (Å²) in [6.45, 7) is 8.82. The molecule has 0 saturated carbocycles. The molecule has 16 heavy (non-hydrogen) atoms. The van der Waals surface area contributed by atoms with E-state index in [0.29, 0.717) is 0 Å². The summed E-state index contributed by atoms with van der Waals surface area (Å²) in [5.74, 6) is 0. The maximum atomic E-state index is 12.0. The predicted octanol–water partition coefficient (Wildman–Crippen LogP) is 2.81. The number of aryl methyl sites for hydroxylation is 1. The van der Waals surface area contributed by atoms with Crippen molar-refractivity contribution in [3.63, 3.8) is 0 Å². The van der Waals surface area contributed by atoms with E-state index in [2.05, 4.69) is 0 Å². The molecule has 0 N–H and O–H groups in total. The van der Waals surface area contributed by atoms with E-state index in [1.54, 1.807) is 39.8 Å². The summed E-state index contributed by atoms with van der Waals surface area (Å²) < 4.78 is 29.1. The molecule has 0 fully saturated rings. The van der Waals surface area contributed by atoms with Crippen LogP contribution < -0.4 is 0 Å². The molecule has 1 aromatic carbocycles. The van der Waals surface area contributed by atoms with Crippen molar-refractivity contribution in [2.45, 2.75) is 45.1 Å². The van der Waals surface area contributed by atoms with Gasteiger partial charge in [-0.15, -0.1) is 0 Å². The summed E-state index contributed by atoms with van der Waals surface area (Å²) in [5.41, 5.74) is 0.972. The molecule has 0 atom stereocenters. The molecule has 0 heterocycles. The molecule has 0 aliphatic rings. The fraction of sp³-hybridized carbons (Fsp3) is 0.500. The third-order valence-corrected chi connectivity index (χ3v) is 3.88. The second-order valence-corrected chi connectivity index (χ2v) is 6.36. The van der Waals surface area contributed by atoms with E-state index in [4.69, 9.17) is 4.18 Å². The number of rotatable bonds is 2. The molecule has 0 saturated heterocycles. The summed E-state index contributed by atoms with van der Waals surface area (Å²) >= 11 is 0. The van der Waals surface area contributed by atoms with E-state index >= 15 is 0 Å². The lowest BCUT2D eigenvalue weighted by atomic mass is 10.1. The summed E-state index contributed by atoms with van der Waals surface area (Å²) in [7, 11) is -3.67. The van der Waals surface area contributed by atoms with Gasteiger partial charge < -0.3 is 0 Å². The van der Waals surface area contributed by atoms with Crippen molar-refractivity contribution in [2.75, 3.05) is 0 Å². The van der Waals surface area contributed by atoms with Crippen molar-refractivity contribution in [3.05, 3.63) is 29.3 Å². The molecular weight excluding hydrogens is 224 g/mol. The van der Waals surface area contributed by atoms with Gasteiger partial charge in [0.05, 0.1) is 10.5 Å². The Bertz CT molecular complexity index is 481. The van der Waals surface area contributed by atoms with Gasteiger partial charge in [0, 0.05) is 0 Å². The lowest BCUT2D eigenvalue weighted by Gasteiger charge is -2.20. The zero-order valence-electron chi connectivity index (χ0n) is 10.4. The molecule has 0 aliphatic carbocycles. The van der Waals surface area contributed by atoms with Gasteiger partial charge in [0.1, 0.15) is 0 Å². The Balaban J connectivity index is 3.24. The molecular formula is C12H18O3S. The Morgan fingerprint density at radius 2 is 1.69 bits per heavy atom. The quantitative estimate of drug-likeness (QED) is 0.749. The van der Waals surface area contributed by atoms with Crippen LogP contribution in [-0.2, 0) is 14.3 Å². The highest BCUT2D eigenvalue weighted by molar-refractivity contribution is 7.86. The zero-order chi connectivity index (χ0) is 12.6. The normalized spacial score (nSPS) is 12.8. The van der Waals surface area contributed by atoms with Crippen molar-refractivity contribution < 1.29 is 12.6 Å². The van der Waals surface area contributed by atoms with E-state index in [9.17, 15) is 8.42 Å². The Hall–Kier alpha value is -0.870. The first-order valence-electron chi connectivity index (χ1n) is 5.15. The monoisotopic (exact) mass is 242 g/mol. The van der Waals surface area contributed by atoms with Gasteiger partial charge in [-0.05, 0) is 51.8 Å². The summed E-state index contributed by atoms with van der Waals surface area (Å²) in [6.07, 6.45) is 0. The van der Waals surface area contributed by atoms with E-state index in [1.165, 1.54) is 0 Å². The second kappa shape index (κ2) is 4.18. The Kier molecular flexibility index (Phi) is 3.45. The molecule has 0 radical (unpaired) electrons. The third kappa shape index (κ3) is 3.06. The number of hydrogen-bond acceptors (Lipinski definition) is 3. The first-order chi connectivity index (χ1) is 7.13. The third-order valence-electron chi connectivity index (χ3n) is 2.18. The van der Waals surface area contributed by atoms with E-state index < -0.39 is 15.7 Å². The van der Waals surface area contributed by atoms with Crippen molar-refractivity contribution in [1.82, 2.24) is 0 Å². The molecule has 0 aliphatic heterocycles. The molecule has 3 nitrogen and oxygen atoms in total. The van der Waals surface area contributed by atoms with Crippen LogP contribution in [0.15, 0.2) is 23.1 Å². The van der Waals surface area contributed by atoms with E-state index in [0.717, 1.165) is 11.1 Å². The highest BCUT2D eigenvalue weighted by Crippen LogP contribution is 2.24. The molecule has 4 heteroatoms. The average molecular weight is 242 g/mol. The van der Waals surface area contributed by atoms with Crippen LogP contribution in [0.3, 0.4) is 0 Å². The molecule has 0 bridgehead atoms. The molecule has 1 rings (SSSR count). The molecule has 1 aromatic rings. The Morgan fingerprint density at radius 3 is 2.19 bits per heavy atom. The van der Waals surface area contributed by atoms with Gasteiger partial charge in [-0.2, -0.15) is 8.42 Å². The van der Waals surface area contributed by atoms with Crippen molar-refractivity contribution in [3.8, 4) is 0 Å². The van der Waals surface area contributed by atoms with E-state index in [1.807, 2.05) is 13.0 Å². The lowest BCUT2D eigenvalue weighted by Crippen LogP contribution is -2.24. The minimum absolute atomic E-state index is 0.252. The van der Waals surface area contributed by atoms with Crippen LogP contribution in [0.4, 0.5) is 0 Å². The molecule has 0 spiro atoms. The zero-order valence-corrected chi connectivity index (χ0v) is 11.2.